The normalized spacial score (nSPS) is 16.1. The van der Waals surface area contributed by atoms with Crippen LogP contribution in [0.3, 0.4) is 0 Å². The van der Waals surface area contributed by atoms with E-state index in [0.29, 0.717) is 27.5 Å². The molecule has 1 atom stereocenters. The maximum Gasteiger partial charge on any atom is 0.271 e. The number of non-ortho nitro benzene ring substituents is 1. The summed E-state index contributed by atoms with van der Waals surface area (Å²) in [4.78, 5) is 33.2. The standard InChI is InChI=1S/C26H25N5O6S2/c1-17-3-10-21(11-4-17)39(35,36)30-14-13-29(25(30)18-5-8-20(37-2)9-6-18)24(32)16-38-26-27-22-12-7-19(31(33)34)15-23(22)28-26/h3-12,15,25H,13-14,16H2,1-2H3,(H,27,28)/t25-/m1/s1. The largest absolute Gasteiger partial charge is 0.497 e. The number of imidazole rings is 1. The topological polar surface area (TPSA) is 139 Å². The Kier molecular flexibility index (Phi) is 7.30. The summed E-state index contributed by atoms with van der Waals surface area (Å²) < 4.78 is 33.9. The van der Waals surface area contributed by atoms with E-state index in [2.05, 4.69) is 9.97 Å². The molecule has 4 aromatic rings. The second-order valence-corrected chi connectivity index (χ2v) is 11.8. The zero-order valence-electron chi connectivity index (χ0n) is 21.1. The van der Waals surface area contributed by atoms with Crippen molar-refractivity contribution in [3.05, 3.63) is 88.0 Å². The third-order valence-corrected chi connectivity index (χ3v) is 9.20. The molecule has 0 radical (unpaired) electrons. The van der Waals surface area contributed by atoms with E-state index in [1.165, 1.54) is 16.4 Å². The van der Waals surface area contributed by atoms with E-state index in [9.17, 15) is 23.3 Å². The third kappa shape index (κ3) is 5.33. The van der Waals surface area contributed by atoms with Crippen LogP contribution < -0.4 is 4.74 Å². The molecule has 3 aromatic carbocycles. The van der Waals surface area contributed by atoms with Crippen molar-refractivity contribution in [1.29, 1.82) is 0 Å². The Hall–Kier alpha value is -3.94. The number of hydrogen-bond acceptors (Lipinski definition) is 8. The van der Waals surface area contributed by atoms with E-state index < -0.39 is 21.1 Å². The smallest absolute Gasteiger partial charge is 0.271 e. The molecule has 0 saturated carbocycles. The van der Waals surface area contributed by atoms with Gasteiger partial charge in [0, 0.05) is 25.2 Å². The van der Waals surface area contributed by atoms with E-state index in [1.807, 2.05) is 6.92 Å². The highest BCUT2D eigenvalue weighted by atomic mass is 32.2. The molecule has 1 fully saturated rings. The molecule has 2 heterocycles. The second kappa shape index (κ2) is 10.7. The van der Waals surface area contributed by atoms with Crippen molar-refractivity contribution in [3.63, 3.8) is 0 Å². The lowest BCUT2D eigenvalue weighted by Gasteiger charge is -2.30. The average Bonchev–Trinajstić information content (AvgIpc) is 3.56. The van der Waals surface area contributed by atoms with Crippen molar-refractivity contribution >= 4 is 44.4 Å². The maximum absolute atomic E-state index is 13.7. The van der Waals surface area contributed by atoms with Crippen LogP contribution in [0.5, 0.6) is 5.75 Å². The Morgan fingerprint density at radius 2 is 1.85 bits per heavy atom. The van der Waals surface area contributed by atoms with Crippen LogP contribution in [0, 0.1) is 17.0 Å². The van der Waals surface area contributed by atoms with Crippen molar-refractivity contribution in [1.82, 2.24) is 19.2 Å². The van der Waals surface area contributed by atoms with Gasteiger partial charge in [-0.25, -0.2) is 13.4 Å². The molecule has 1 N–H and O–H groups in total. The highest BCUT2D eigenvalue weighted by Crippen LogP contribution is 2.36. The molecule has 13 heteroatoms. The summed E-state index contributed by atoms with van der Waals surface area (Å²) in [5, 5.41) is 11.5. The number of benzene rings is 3. The first-order chi connectivity index (χ1) is 18.7. The highest BCUT2D eigenvalue weighted by molar-refractivity contribution is 7.99. The van der Waals surface area contributed by atoms with Gasteiger partial charge in [0.1, 0.15) is 11.9 Å². The fourth-order valence-electron chi connectivity index (χ4n) is 4.46. The molecule has 1 aromatic heterocycles. The van der Waals surface area contributed by atoms with Crippen molar-refractivity contribution < 1.29 is 22.9 Å². The van der Waals surface area contributed by atoms with Crippen LogP contribution in [-0.4, -0.2) is 64.4 Å². The van der Waals surface area contributed by atoms with Crippen LogP contribution in [0.1, 0.15) is 17.3 Å². The summed E-state index contributed by atoms with van der Waals surface area (Å²) in [6.07, 6.45) is -0.839. The zero-order valence-corrected chi connectivity index (χ0v) is 22.7. The van der Waals surface area contributed by atoms with E-state index in [1.54, 1.807) is 66.6 Å². The van der Waals surface area contributed by atoms with Gasteiger partial charge in [-0.05, 0) is 42.8 Å². The number of nitrogens with one attached hydrogen (secondary N) is 1. The Morgan fingerprint density at radius 3 is 2.51 bits per heavy atom. The molecular formula is C26H25N5O6S2. The number of nitrogens with zero attached hydrogens (tertiary/aromatic N) is 4. The van der Waals surface area contributed by atoms with E-state index in [0.717, 1.165) is 17.3 Å². The molecule has 1 amide bonds. The second-order valence-electron chi connectivity index (χ2n) is 8.95. The fraction of sp³-hybridized carbons (Fsp3) is 0.231. The number of aryl methyl sites for hydroxylation is 1. The van der Waals surface area contributed by atoms with Gasteiger partial charge in [0.15, 0.2) is 5.16 Å². The highest BCUT2D eigenvalue weighted by Gasteiger charge is 2.43. The molecule has 5 rings (SSSR count). The number of thioether (sulfide) groups is 1. The number of aromatic amines is 1. The summed E-state index contributed by atoms with van der Waals surface area (Å²) in [5.41, 5.74) is 2.55. The molecular weight excluding hydrogens is 542 g/mol. The van der Waals surface area contributed by atoms with Gasteiger partial charge < -0.3 is 14.6 Å². The monoisotopic (exact) mass is 567 g/mol. The predicted molar refractivity (Wildman–Crippen MR) is 146 cm³/mol. The first-order valence-corrected chi connectivity index (χ1v) is 14.4. The van der Waals surface area contributed by atoms with Crippen LogP contribution in [-0.2, 0) is 14.8 Å². The first kappa shape index (κ1) is 26.7. The summed E-state index contributed by atoms with van der Waals surface area (Å²) in [6.45, 7) is 2.23. The molecule has 202 valence electrons. The number of H-pyrrole nitrogens is 1. The van der Waals surface area contributed by atoms with Gasteiger partial charge in [0.25, 0.3) is 5.69 Å². The van der Waals surface area contributed by atoms with Crippen LogP contribution in [0.4, 0.5) is 5.69 Å². The third-order valence-electron chi connectivity index (χ3n) is 6.48. The van der Waals surface area contributed by atoms with Gasteiger partial charge in [-0.2, -0.15) is 4.31 Å². The molecule has 0 bridgehead atoms. The number of carbonyl (C=O) groups is 1. The molecule has 0 unspecified atom stereocenters. The quantitative estimate of drug-likeness (QED) is 0.191. The SMILES string of the molecule is COc1ccc([C@@H]2N(C(=O)CSc3nc4ccc([N+](=O)[O-])cc4[nH]3)CCN2S(=O)(=O)c2ccc(C)cc2)cc1. The zero-order chi connectivity index (χ0) is 27.7. The number of amides is 1. The summed E-state index contributed by atoms with van der Waals surface area (Å²) in [5.74, 6) is 0.338. The number of hydrogen-bond donors (Lipinski definition) is 1. The van der Waals surface area contributed by atoms with Crippen molar-refractivity contribution in [2.45, 2.75) is 23.1 Å². The molecule has 39 heavy (non-hydrogen) atoms. The minimum absolute atomic E-state index is 0.00696. The number of nitro benzene ring substituents is 1. The Labute approximate surface area is 229 Å². The fourth-order valence-corrected chi connectivity index (χ4v) is 6.80. The lowest BCUT2D eigenvalue weighted by atomic mass is 10.1. The Morgan fingerprint density at radius 1 is 1.13 bits per heavy atom. The number of carbonyl (C=O) groups excluding carboxylic acids is 1. The van der Waals surface area contributed by atoms with Gasteiger partial charge >= 0.3 is 0 Å². The molecule has 11 nitrogen and oxygen atoms in total. The lowest BCUT2D eigenvalue weighted by Crippen LogP contribution is -2.38. The van der Waals surface area contributed by atoms with E-state index >= 15 is 0 Å². The van der Waals surface area contributed by atoms with Gasteiger partial charge in [0.2, 0.25) is 15.9 Å². The van der Waals surface area contributed by atoms with Crippen LogP contribution in [0.2, 0.25) is 0 Å². The number of methoxy groups -OCH3 is 1. The van der Waals surface area contributed by atoms with Gasteiger partial charge in [-0.1, -0.05) is 41.6 Å². The van der Waals surface area contributed by atoms with Gasteiger partial charge in [0.05, 0.1) is 33.7 Å². The first-order valence-electron chi connectivity index (χ1n) is 12.0. The molecule has 0 spiro atoms. The molecule has 1 saturated heterocycles. The molecule has 1 aliphatic rings. The predicted octanol–water partition coefficient (Wildman–Crippen LogP) is 4.11. The van der Waals surface area contributed by atoms with Gasteiger partial charge in [-0.3, -0.25) is 14.9 Å². The number of fused-ring (bicyclic) bond motifs is 1. The van der Waals surface area contributed by atoms with Crippen LogP contribution in [0.25, 0.3) is 11.0 Å². The lowest BCUT2D eigenvalue weighted by molar-refractivity contribution is -0.384. The molecule has 0 aliphatic carbocycles. The summed E-state index contributed by atoms with van der Waals surface area (Å²) in [6, 6.07) is 17.9. The maximum atomic E-state index is 13.7. The molecule has 1 aliphatic heterocycles. The van der Waals surface area contributed by atoms with Crippen LogP contribution in [0.15, 0.2) is 76.8 Å². The Bertz CT molecular complexity index is 1640. The summed E-state index contributed by atoms with van der Waals surface area (Å²) in [7, 11) is -2.36. The van der Waals surface area contributed by atoms with E-state index in [4.69, 9.17) is 4.74 Å². The van der Waals surface area contributed by atoms with E-state index in [-0.39, 0.29) is 35.3 Å². The Balaban J connectivity index is 1.40. The van der Waals surface area contributed by atoms with Crippen molar-refractivity contribution in [3.8, 4) is 5.75 Å². The minimum atomic E-state index is -3.90. The average molecular weight is 568 g/mol. The van der Waals surface area contributed by atoms with Crippen molar-refractivity contribution in [2.24, 2.45) is 0 Å². The van der Waals surface area contributed by atoms with Crippen LogP contribution >= 0.6 is 11.8 Å². The van der Waals surface area contributed by atoms with Gasteiger partial charge in [-0.15, -0.1) is 0 Å². The summed E-state index contributed by atoms with van der Waals surface area (Å²) >= 11 is 1.15. The number of nitro groups is 1. The number of ether oxygens (including phenoxy) is 1. The van der Waals surface area contributed by atoms with Crippen molar-refractivity contribution in [2.75, 3.05) is 26.0 Å². The number of rotatable bonds is 8. The number of sulfonamides is 1. The number of aromatic nitrogens is 2. The minimum Gasteiger partial charge on any atom is -0.497 e.